The molecular formula is C21H22N2O3S. The van der Waals surface area contributed by atoms with Crippen LogP contribution in [0.3, 0.4) is 0 Å². The summed E-state index contributed by atoms with van der Waals surface area (Å²) in [5, 5.41) is 3.00. The number of hydrogen-bond acceptors (Lipinski definition) is 4. The van der Waals surface area contributed by atoms with Crippen LogP contribution in [0.1, 0.15) is 23.5 Å². The van der Waals surface area contributed by atoms with E-state index < -0.39 is 0 Å². The van der Waals surface area contributed by atoms with Gasteiger partial charge < -0.3 is 14.2 Å². The van der Waals surface area contributed by atoms with Crippen LogP contribution in [0.4, 0.5) is 0 Å². The number of para-hydroxylation sites is 1. The number of amides is 2. The van der Waals surface area contributed by atoms with Crippen LogP contribution in [0.2, 0.25) is 0 Å². The second-order valence-corrected chi connectivity index (χ2v) is 7.98. The van der Waals surface area contributed by atoms with E-state index in [-0.39, 0.29) is 17.9 Å². The third-order valence-electron chi connectivity index (χ3n) is 5.01. The topological polar surface area (TPSA) is 53.8 Å². The fraction of sp³-hybridized carbons (Fsp3) is 0.333. The van der Waals surface area contributed by atoms with Gasteiger partial charge in [0.2, 0.25) is 11.8 Å². The zero-order valence-corrected chi connectivity index (χ0v) is 16.1. The van der Waals surface area contributed by atoms with Gasteiger partial charge in [0, 0.05) is 23.9 Å². The van der Waals surface area contributed by atoms with Crippen molar-refractivity contribution in [2.75, 3.05) is 13.6 Å². The predicted octanol–water partition coefficient (Wildman–Crippen LogP) is 3.69. The summed E-state index contributed by atoms with van der Waals surface area (Å²) in [5.41, 5.74) is 0.821. The van der Waals surface area contributed by atoms with Crippen LogP contribution in [0, 0.1) is 0 Å². The number of thiophene rings is 1. The van der Waals surface area contributed by atoms with Gasteiger partial charge in [-0.1, -0.05) is 24.3 Å². The highest BCUT2D eigenvalue weighted by atomic mass is 32.1. The fourth-order valence-corrected chi connectivity index (χ4v) is 4.36. The highest BCUT2D eigenvalue weighted by Gasteiger charge is 2.35. The monoisotopic (exact) mass is 382 g/mol. The van der Waals surface area contributed by atoms with Crippen molar-refractivity contribution in [3.05, 3.63) is 58.5 Å². The molecule has 1 aliphatic heterocycles. The van der Waals surface area contributed by atoms with Crippen LogP contribution >= 0.6 is 11.3 Å². The van der Waals surface area contributed by atoms with Crippen LogP contribution in [-0.2, 0) is 22.6 Å². The number of hydrogen-bond donors (Lipinski definition) is 0. The molecular weight excluding hydrogens is 360 g/mol. The van der Waals surface area contributed by atoms with Crippen LogP contribution in [0.15, 0.2) is 52.3 Å². The Bertz CT molecular complexity index is 914. The SMILES string of the molecule is CN(Cc1cc2ccccc2o1)C(=O)C1CCCN1C(=O)Cc1cccs1. The third-order valence-corrected chi connectivity index (χ3v) is 5.89. The highest BCUT2D eigenvalue weighted by molar-refractivity contribution is 7.10. The van der Waals surface area contributed by atoms with Crippen molar-refractivity contribution in [1.82, 2.24) is 9.80 Å². The van der Waals surface area contributed by atoms with Crippen molar-refractivity contribution in [3.63, 3.8) is 0 Å². The Morgan fingerprint density at radius 3 is 2.89 bits per heavy atom. The highest BCUT2D eigenvalue weighted by Crippen LogP contribution is 2.24. The van der Waals surface area contributed by atoms with Crippen molar-refractivity contribution in [2.45, 2.75) is 31.8 Å². The van der Waals surface area contributed by atoms with E-state index in [0.717, 1.165) is 34.4 Å². The van der Waals surface area contributed by atoms with E-state index >= 15 is 0 Å². The largest absolute Gasteiger partial charge is 0.459 e. The molecule has 3 aromatic rings. The Labute approximate surface area is 162 Å². The molecule has 0 aliphatic carbocycles. The Morgan fingerprint density at radius 1 is 1.26 bits per heavy atom. The summed E-state index contributed by atoms with van der Waals surface area (Å²) in [6.07, 6.45) is 1.96. The van der Waals surface area contributed by atoms with Crippen LogP contribution in [0.25, 0.3) is 11.0 Å². The number of rotatable bonds is 5. The van der Waals surface area contributed by atoms with Gasteiger partial charge in [0.1, 0.15) is 17.4 Å². The molecule has 1 unspecified atom stereocenters. The van der Waals surface area contributed by atoms with Gasteiger partial charge in [-0.15, -0.1) is 11.3 Å². The summed E-state index contributed by atoms with van der Waals surface area (Å²) in [6.45, 7) is 1.05. The molecule has 2 aromatic heterocycles. The lowest BCUT2D eigenvalue weighted by Gasteiger charge is -2.27. The third kappa shape index (κ3) is 3.76. The molecule has 1 atom stereocenters. The minimum absolute atomic E-state index is 0.0208. The summed E-state index contributed by atoms with van der Waals surface area (Å²) in [5.74, 6) is 0.763. The van der Waals surface area contributed by atoms with E-state index in [0.29, 0.717) is 19.5 Å². The maximum Gasteiger partial charge on any atom is 0.245 e. The van der Waals surface area contributed by atoms with Crippen molar-refractivity contribution < 1.29 is 14.0 Å². The van der Waals surface area contributed by atoms with Crippen molar-refractivity contribution in [2.24, 2.45) is 0 Å². The Kier molecular flexibility index (Phi) is 4.99. The van der Waals surface area contributed by atoms with Crippen LogP contribution in [0.5, 0.6) is 0 Å². The average molecular weight is 382 g/mol. The zero-order valence-electron chi connectivity index (χ0n) is 15.3. The molecule has 27 heavy (non-hydrogen) atoms. The molecule has 0 bridgehead atoms. The Balaban J connectivity index is 1.43. The predicted molar refractivity (Wildman–Crippen MR) is 105 cm³/mol. The molecule has 6 heteroatoms. The molecule has 0 radical (unpaired) electrons. The molecule has 1 fully saturated rings. The smallest absolute Gasteiger partial charge is 0.245 e. The number of likely N-dealkylation sites (N-methyl/N-ethyl adjacent to an activating group) is 1. The number of nitrogens with zero attached hydrogens (tertiary/aromatic N) is 2. The van der Waals surface area contributed by atoms with Gasteiger partial charge in [0.25, 0.3) is 0 Å². The number of carbonyl (C=O) groups is 2. The average Bonchev–Trinajstić information content (AvgIpc) is 3.40. The maximum atomic E-state index is 13.0. The molecule has 1 saturated heterocycles. The lowest BCUT2D eigenvalue weighted by atomic mass is 10.1. The van der Waals surface area contributed by atoms with Crippen LogP contribution < -0.4 is 0 Å². The number of fused-ring (bicyclic) bond motifs is 1. The molecule has 1 aliphatic rings. The molecule has 0 spiro atoms. The Hall–Kier alpha value is -2.60. The zero-order chi connectivity index (χ0) is 18.8. The maximum absolute atomic E-state index is 13.0. The number of carbonyl (C=O) groups excluding carboxylic acids is 2. The first kappa shape index (κ1) is 17.8. The summed E-state index contributed by atoms with van der Waals surface area (Å²) in [6, 6.07) is 13.3. The van der Waals surface area contributed by atoms with E-state index in [4.69, 9.17) is 4.42 Å². The second kappa shape index (κ2) is 7.56. The minimum Gasteiger partial charge on any atom is -0.459 e. The van der Waals surface area contributed by atoms with E-state index in [1.807, 2.05) is 47.8 Å². The first-order chi connectivity index (χ1) is 13.1. The molecule has 140 valence electrons. The number of benzene rings is 1. The summed E-state index contributed by atoms with van der Waals surface area (Å²) < 4.78 is 5.82. The number of likely N-dealkylation sites (tertiary alicyclic amines) is 1. The molecule has 4 rings (SSSR count). The van der Waals surface area contributed by atoms with E-state index in [9.17, 15) is 9.59 Å². The van der Waals surface area contributed by atoms with Gasteiger partial charge in [-0.3, -0.25) is 9.59 Å². The summed E-state index contributed by atoms with van der Waals surface area (Å²) in [7, 11) is 1.77. The Morgan fingerprint density at radius 2 is 2.11 bits per heavy atom. The van der Waals surface area contributed by atoms with Crippen molar-refractivity contribution >= 4 is 34.1 Å². The van der Waals surface area contributed by atoms with Gasteiger partial charge >= 0.3 is 0 Å². The molecule has 1 aromatic carbocycles. The van der Waals surface area contributed by atoms with Gasteiger partial charge in [-0.2, -0.15) is 0 Å². The van der Waals surface area contributed by atoms with Gasteiger partial charge in [-0.05, 0) is 36.4 Å². The standard InChI is InChI=1S/C21H22N2O3S/c1-22(14-16-12-15-6-2-3-9-19(15)26-16)21(25)18-8-4-10-23(18)20(24)13-17-7-5-11-27-17/h2-3,5-7,9,11-12,18H,4,8,10,13-14H2,1H3. The molecule has 3 heterocycles. The molecule has 0 saturated carbocycles. The van der Waals surface area contributed by atoms with E-state index in [1.54, 1.807) is 28.2 Å². The van der Waals surface area contributed by atoms with Crippen molar-refractivity contribution in [3.8, 4) is 0 Å². The normalized spacial score (nSPS) is 16.8. The first-order valence-electron chi connectivity index (χ1n) is 9.16. The first-order valence-corrected chi connectivity index (χ1v) is 10.0. The molecule has 0 N–H and O–H groups in total. The lowest BCUT2D eigenvalue weighted by Crippen LogP contribution is -2.46. The molecule has 5 nitrogen and oxygen atoms in total. The fourth-order valence-electron chi connectivity index (χ4n) is 3.67. The molecule has 2 amide bonds. The quantitative estimate of drug-likeness (QED) is 0.676. The van der Waals surface area contributed by atoms with Crippen LogP contribution in [-0.4, -0.2) is 41.2 Å². The second-order valence-electron chi connectivity index (χ2n) is 6.95. The minimum atomic E-state index is -0.369. The summed E-state index contributed by atoms with van der Waals surface area (Å²) in [4.78, 5) is 30.1. The van der Waals surface area contributed by atoms with Crippen molar-refractivity contribution in [1.29, 1.82) is 0 Å². The number of furan rings is 1. The van der Waals surface area contributed by atoms with Gasteiger partial charge in [0.15, 0.2) is 0 Å². The summed E-state index contributed by atoms with van der Waals surface area (Å²) >= 11 is 1.57. The van der Waals surface area contributed by atoms with E-state index in [2.05, 4.69) is 0 Å². The van der Waals surface area contributed by atoms with E-state index in [1.165, 1.54) is 0 Å². The van der Waals surface area contributed by atoms with Gasteiger partial charge in [-0.25, -0.2) is 0 Å². The van der Waals surface area contributed by atoms with Gasteiger partial charge in [0.05, 0.1) is 13.0 Å². The lowest BCUT2D eigenvalue weighted by molar-refractivity contribution is -0.143.